The van der Waals surface area contributed by atoms with Crippen molar-refractivity contribution in [2.45, 2.75) is 51.4 Å². The molecule has 0 aliphatic carbocycles. The van der Waals surface area contributed by atoms with E-state index in [0.29, 0.717) is 12.2 Å². The first-order valence-corrected chi connectivity index (χ1v) is 4.15. The van der Waals surface area contributed by atoms with Gasteiger partial charge in [0, 0.05) is 6.04 Å². The molecule has 1 rings (SSSR count). The van der Waals surface area contributed by atoms with E-state index >= 15 is 0 Å². The van der Waals surface area contributed by atoms with Gasteiger partial charge in [-0.1, -0.05) is 6.92 Å². The maximum absolute atomic E-state index is 5.82. The Morgan fingerprint density at radius 2 is 2.30 bits per heavy atom. The SMILES string of the molecule is CC[C@@H](N)[C@H]1CC[C@@H](C)O1. The van der Waals surface area contributed by atoms with E-state index < -0.39 is 0 Å². The standard InChI is InChI=1S/C8H17NO/c1-3-7(9)8-5-4-6(2)10-8/h6-8H,3-5,9H2,1-2H3/t6-,7-,8-/m1/s1. The Bertz CT molecular complexity index is 105. The van der Waals surface area contributed by atoms with Gasteiger partial charge in [0.1, 0.15) is 0 Å². The number of hydrogen-bond donors (Lipinski definition) is 1. The highest BCUT2D eigenvalue weighted by Crippen LogP contribution is 2.21. The summed E-state index contributed by atoms with van der Waals surface area (Å²) in [6.45, 7) is 4.22. The summed E-state index contributed by atoms with van der Waals surface area (Å²) < 4.78 is 5.59. The largest absolute Gasteiger partial charge is 0.374 e. The number of hydrogen-bond acceptors (Lipinski definition) is 2. The zero-order valence-corrected chi connectivity index (χ0v) is 6.84. The maximum Gasteiger partial charge on any atom is 0.0730 e. The molecule has 0 aromatic heterocycles. The van der Waals surface area contributed by atoms with Crippen molar-refractivity contribution in [1.82, 2.24) is 0 Å². The average molecular weight is 143 g/mol. The summed E-state index contributed by atoms with van der Waals surface area (Å²) in [5.74, 6) is 0. The van der Waals surface area contributed by atoms with Crippen molar-refractivity contribution in [2.24, 2.45) is 5.73 Å². The molecule has 1 aliphatic heterocycles. The van der Waals surface area contributed by atoms with Crippen molar-refractivity contribution in [3.05, 3.63) is 0 Å². The van der Waals surface area contributed by atoms with Crippen LogP contribution in [0.3, 0.4) is 0 Å². The van der Waals surface area contributed by atoms with E-state index in [4.69, 9.17) is 10.5 Å². The Labute approximate surface area is 62.7 Å². The Morgan fingerprint density at radius 1 is 1.60 bits per heavy atom. The lowest BCUT2D eigenvalue weighted by Gasteiger charge is -2.17. The topological polar surface area (TPSA) is 35.2 Å². The van der Waals surface area contributed by atoms with Crippen LogP contribution in [0.5, 0.6) is 0 Å². The van der Waals surface area contributed by atoms with Gasteiger partial charge in [0.25, 0.3) is 0 Å². The maximum atomic E-state index is 5.82. The Balaban J connectivity index is 2.29. The van der Waals surface area contributed by atoms with E-state index in [1.165, 1.54) is 6.42 Å². The number of ether oxygens (including phenoxy) is 1. The van der Waals surface area contributed by atoms with Crippen LogP contribution in [-0.2, 0) is 4.74 Å². The summed E-state index contributed by atoms with van der Waals surface area (Å²) in [6.07, 6.45) is 4.12. The lowest BCUT2D eigenvalue weighted by molar-refractivity contribution is 0.0397. The molecule has 0 bridgehead atoms. The molecule has 1 heterocycles. The molecule has 60 valence electrons. The first-order chi connectivity index (χ1) is 4.74. The molecule has 10 heavy (non-hydrogen) atoms. The van der Waals surface area contributed by atoms with E-state index in [2.05, 4.69) is 13.8 Å². The second kappa shape index (κ2) is 3.35. The van der Waals surface area contributed by atoms with E-state index in [-0.39, 0.29) is 6.04 Å². The summed E-state index contributed by atoms with van der Waals surface area (Å²) in [6, 6.07) is 0.255. The van der Waals surface area contributed by atoms with Gasteiger partial charge in [-0.05, 0) is 26.2 Å². The van der Waals surface area contributed by atoms with Crippen LogP contribution in [-0.4, -0.2) is 18.2 Å². The normalized spacial score (nSPS) is 36.3. The minimum atomic E-state index is 0.255. The predicted molar refractivity (Wildman–Crippen MR) is 41.8 cm³/mol. The van der Waals surface area contributed by atoms with Crippen LogP contribution in [0.25, 0.3) is 0 Å². The predicted octanol–water partition coefficient (Wildman–Crippen LogP) is 1.29. The third-order valence-corrected chi connectivity index (χ3v) is 2.21. The zero-order chi connectivity index (χ0) is 7.56. The van der Waals surface area contributed by atoms with Crippen LogP contribution in [0.4, 0.5) is 0 Å². The molecule has 0 radical (unpaired) electrons. The van der Waals surface area contributed by atoms with Crippen LogP contribution in [0.2, 0.25) is 0 Å². The van der Waals surface area contributed by atoms with E-state index in [1.54, 1.807) is 0 Å². The van der Waals surface area contributed by atoms with Crippen molar-refractivity contribution >= 4 is 0 Å². The van der Waals surface area contributed by atoms with Gasteiger partial charge in [-0.15, -0.1) is 0 Å². The minimum absolute atomic E-state index is 0.255. The average Bonchev–Trinajstić information content (AvgIpc) is 2.34. The molecule has 0 amide bonds. The van der Waals surface area contributed by atoms with Crippen LogP contribution < -0.4 is 5.73 Å². The van der Waals surface area contributed by atoms with Gasteiger partial charge in [-0.2, -0.15) is 0 Å². The van der Waals surface area contributed by atoms with Crippen LogP contribution in [0.1, 0.15) is 33.1 Å². The van der Waals surface area contributed by atoms with Gasteiger partial charge < -0.3 is 10.5 Å². The van der Waals surface area contributed by atoms with Gasteiger partial charge in [-0.25, -0.2) is 0 Å². The smallest absolute Gasteiger partial charge is 0.0730 e. The third kappa shape index (κ3) is 1.70. The summed E-state index contributed by atoms with van der Waals surface area (Å²) in [5.41, 5.74) is 5.82. The molecule has 3 atom stereocenters. The second-order valence-corrected chi connectivity index (χ2v) is 3.13. The molecule has 0 aromatic rings. The van der Waals surface area contributed by atoms with Crippen LogP contribution in [0, 0.1) is 0 Å². The van der Waals surface area contributed by atoms with Gasteiger partial charge >= 0.3 is 0 Å². The highest BCUT2D eigenvalue weighted by Gasteiger charge is 2.25. The fourth-order valence-corrected chi connectivity index (χ4v) is 1.41. The van der Waals surface area contributed by atoms with Crippen molar-refractivity contribution in [2.75, 3.05) is 0 Å². The lowest BCUT2D eigenvalue weighted by Crippen LogP contribution is -2.33. The van der Waals surface area contributed by atoms with Gasteiger partial charge in [-0.3, -0.25) is 0 Å². The summed E-state index contributed by atoms with van der Waals surface area (Å²) in [7, 11) is 0. The first kappa shape index (κ1) is 8.02. The molecule has 1 saturated heterocycles. The molecule has 2 N–H and O–H groups in total. The van der Waals surface area contributed by atoms with Crippen LogP contribution in [0.15, 0.2) is 0 Å². The summed E-state index contributed by atoms with van der Waals surface area (Å²) in [4.78, 5) is 0. The molecular formula is C8H17NO. The van der Waals surface area contributed by atoms with Crippen molar-refractivity contribution < 1.29 is 4.74 Å². The lowest BCUT2D eigenvalue weighted by atomic mass is 10.1. The highest BCUT2D eigenvalue weighted by atomic mass is 16.5. The van der Waals surface area contributed by atoms with E-state index in [9.17, 15) is 0 Å². The number of rotatable bonds is 2. The zero-order valence-electron chi connectivity index (χ0n) is 6.84. The van der Waals surface area contributed by atoms with Crippen molar-refractivity contribution in [3.63, 3.8) is 0 Å². The fraction of sp³-hybridized carbons (Fsp3) is 1.00. The molecule has 0 aromatic carbocycles. The van der Waals surface area contributed by atoms with Crippen LogP contribution >= 0.6 is 0 Å². The Morgan fingerprint density at radius 3 is 2.70 bits per heavy atom. The fourth-order valence-electron chi connectivity index (χ4n) is 1.41. The second-order valence-electron chi connectivity index (χ2n) is 3.13. The third-order valence-electron chi connectivity index (χ3n) is 2.21. The van der Waals surface area contributed by atoms with E-state index in [1.807, 2.05) is 0 Å². The van der Waals surface area contributed by atoms with Gasteiger partial charge in [0.15, 0.2) is 0 Å². The molecule has 1 aliphatic rings. The quantitative estimate of drug-likeness (QED) is 0.632. The molecular weight excluding hydrogens is 126 g/mol. The minimum Gasteiger partial charge on any atom is -0.374 e. The molecule has 1 fully saturated rings. The first-order valence-electron chi connectivity index (χ1n) is 4.15. The highest BCUT2D eigenvalue weighted by molar-refractivity contribution is 4.78. The molecule has 0 saturated carbocycles. The molecule has 2 nitrogen and oxygen atoms in total. The Kier molecular flexibility index (Phi) is 2.69. The van der Waals surface area contributed by atoms with Gasteiger partial charge in [0.05, 0.1) is 12.2 Å². The molecule has 2 heteroatoms. The van der Waals surface area contributed by atoms with Crippen molar-refractivity contribution in [1.29, 1.82) is 0 Å². The number of nitrogens with two attached hydrogens (primary N) is 1. The van der Waals surface area contributed by atoms with Crippen molar-refractivity contribution in [3.8, 4) is 0 Å². The Hall–Kier alpha value is -0.0800. The molecule has 0 unspecified atom stereocenters. The molecule has 0 spiro atoms. The summed E-state index contributed by atoms with van der Waals surface area (Å²) in [5, 5.41) is 0. The van der Waals surface area contributed by atoms with Gasteiger partial charge in [0.2, 0.25) is 0 Å². The summed E-state index contributed by atoms with van der Waals surface area (Å²) >= 11 is 0. The monoisotopic (exact) mass is 143 g/mol. The van der Waals surface area contributed by atoms with E-state index in [0.717, 1.165) is 12.8 Å².